The molecule has 1 heterocycles. The minimum Gasteiger partial charge on any atom is -0.380 e. The molecule has 1 N–H and O–H groups in total. The fourth-order valence-electron chi connectivity index (χ4n) is 1.79. The molecule has 0 saturated carbocycles. The van der Waals surface area contributed by atoms with Gasteiger partial charge in [0.05, 0.1) is 0 Å². The van der Waals surface area contributed by atoms with E-state index in [1.165, 1.54) is 21.1 Å². The van der Waals surface area contributed by atoms with Gasteiger partial charge in [-0.15, -0.1) is 11.3 Å². The third-order valence-corrected chi connectivity index (χ3v) is 4.12. The largest absolute Gasteiger partial charge is 0.380 e. The molecule has 0 fully saturated rings. The molecule has 0 spiro atoms. The standard InChI is InChI=1S/C15H20N2S/c1-4-14-8-9-15(18-14)11-16-12-6-5-7-13(10-12)17(2)3/h5-10,16H,4,11H2,1-3H3. The summed E-state index contributed by atoms with van der Waals surface area (Å²) in [6, 6.07) is 12.9. The van der Waals surface area contributed by atoms with E-state index >= 15 is 0 Å². The summed E-state index contributed by atoms with van der Waals surface area (Å²) in [4.78, 5) is 4.96. The van der Waals surface area contributed by atoms with E-state index < -0.39 is 0 Å². The van der Waals surface area contributed by atoms with Crippen molar-refractivity contribution in [1.29, 1.82) is 0 Å². The van der Waals surface area contributed by atoms with Crippen molar-refractivity contribution in [2.24, 2.45) is 0 Å². The predicted octanol–water partition coefficient (Wildman–Crippen LogP) is 3.99. The number of benzene rings is 1. The summed E-state index contributed by atoms with van der Waals surface area (Å²) in [5.74, 6) is 0. The van der Waals surface area contributed by atoms with Crippen molar-refractivity contribution in [3.8, 4) is 0 Å². The molecule has 96 valence electrons. The SMILES string of the molecule is CCc1ccc(CNc2cccc(N(C)C)c2)s1. The summed E-state index contributed by atoms with van der Waals surface area (Å²) < 4.78 is 0. The van der Waals surface area contributed by atoms with E-state index in [1.54, 1.807) is 0 Å². The van der Waals surface area contributed by atoms with Crippen LogP contribution in [0.3, 0.4) is 0 Å². The van der Waals surface area contributed by atoms with E-state index in [0.717, 1.165) is 13.0 Å². The van der Waals surface area contributed by atoms with E-state index in [9.17, 15) is 0 Å². The molecule has 0 amide bonds. The molecule has 2 aromatic rings. The number of nitrogens with one attached hydrogen (secondary N) is 1. The molecule has 0 atom stereocenters. The van der Waals surface area contributed by atoms with Crippen LogP contribution in [0.5, 0.6) is 0 Å². The number of thiophene rings is 1. The van der Waals surface area contributed by atoms with Crippen LogP contribution in [0.15, 0.2) is 36.4 Å². The first-order valence-electron chi connectivity index (χ1n) is 6.28. The lowest BCUT2D eigenvalue weighted by Crippen LogP contribution is -2.08. The second-order valence-corrected chi connectivity index (χ2v) is 5.77. The van der Waals surface area contributed by atoms with Crippen molar-refractivity contribution >= 4 is 22.7 Å². The summed E-state index contributed by atoms with van der Waals surface area (Å²) in [6.07, 6.45) is 1.13. The Morgan fingerprint density at radius 1 is 1.11 bits per heavy atom. The number of aryl methyl sites for hydroxylation is 1. The Morgan fingerprint density at radius 2 is 1.89 bits per heavy atom. The average Bonchev–Trinajstić information content (AvgIpc) is 2.84. The van der Waals surface area contributed by atoms with Gasteiger partial charge in [0.25, 0.3) is 0 Å². The second kappa shape index (κ2) is 5.91. The molecule has 3 heteroatoms. The summed E-state index contributed by atoms with van der Waals surface area (Å²) in [5.41, 5.74) is 2.40. The molecule has 1 aromatic heterocycles. The normalized spacial score (nSPS) is 10.4. The zero-order valence-electron chi connectivity index (χ0n) is 11.2. The highest BCUT2D eigenvalue weighted by atomic mass is 32.1. The smallest absolute Gasteiger partial charge is 0.0494 e. The Hall–Kier alpha value is -1.48. The van der Waals surface area contributed by atoms with Gasteiger partial charge in [0, 0.05) is 41.8 Å². The van der Waals surface area contributed by atoms with Crippen molar-refractivity contribution in [1.82, 2.24) is 0 Å². The van der Waals surface area contributed by atoms with Gasteiger partial charge in [-0.2, -0.15) is 0 Å². The van der Waals surface area contributed by atoms with Gasteiger partial charge in [0.1, 0.15) is 0 Å². The van der Waals surface area contributed by atoms with Gasteiger partial charge in [-0.25, -0.2) is 0 Å². The minimum absolute atomic E-state index is 0.904. The van der Waals surface area contributed by atoms with E-state index in [0.29, 0.717) is 0 Å². The molecule has 2 nitrogen and oxygen atoms in total. The van der Waals surface area contributed by atoms with Gasteiger partial charge in [-0.1, -0.05) is 13.0 Å². The number of nitrogens with zero attached hydrogens (tertiary/aromatic N) is 1. The first-order valence-corrected chi connectivity index (χ1v) is 7.09. The Labute approximate surface area is 113 Å². The molecule has 2 rings (SSSR count). The highest BCUT2D eigenvalue weighted by Gasteiger charge is 2.00. The fourth-order valence-corrected chi connectivity index (χ4v) is 2.69. The summed E-state index contributed by atoms with van der Waals surface area (Å²) in [7, 11) is 4.12. The van der Waals surface area contributed by atoms with E-state index in [1.807, 2.05) is 11.3 Å². The van der Waals surface area contributed by atoms with Gasteiger partial charge in [0.2, 0.25) is 0 Å². The fraction of sp³-hybridized carbons (Fsp3) is 0.333. The molecule has 18 heavy (non-hydrogen) atoms. The molecule has 0 aliphatic carbocycles. The molecule has 0 unspecified atom stereocenters. The quantitative estimate of drug-likeness (QED) is 0.874. The van der Waals surface area contributed by atoms with E-state index in [-0.39, 0.29) is 0 Å². The molecule has 1 aromatic carbocycles. The molecule has 0 saturated heterocycles. The summed E-state index contributed by atoms with van der Waals surface area (Å²) in [6.45, 7) is 3.10. The van der Waals surface area contributed by atoms with Crippen LogP contribution in [0.2, 0.25) is 0 Å². The third-order valence-electron chi connectivity index (χ3n) is 2.90. The topological polar surface area (TPSA) is 15.3 Å². The third kappa shape index (κ3) is 3.26. The van der Waals surface area contributed by atoms with Crippen LogP contribution in [0, 0.1) is 0 Å². The van der Waals surface area contributed by atoms with E-state index in [4.69, 9.17) is 0 Å². The number of anilines is 2. The van der Waals surface area contributed by atoms with Gasteiger partial charge < -0.3 is 10.2 Å². The van der Waals surface area contributed by atoms with Crippen molar-refractivity contribution in [2.45, 2.75) is 19.9 Å². The molecular formula is C15H20N2S. The Balaban J connectivity index is 1.99. The maximum Gasteiger partial charge on any atom is 0.0494 e. The van der Waals surface area contributed by atoms with Crippen LogP contribution < -0.4 is 10.2 Å². The molecule has 0 radical (unpaired) electrons. The Bertz CT molecular complexity index is 503. The Kier molecular flexibility index (Phi) is 4.26. The van der Waals surface area contributed by atoms with E-state index in [2.05, 4.69) is 67.6 Å². The zero-order valence-corrected chi connectivity index (χ0v) is 12.1. The Morgan fingerprint density at radius 3 is 2.56 bits per heavy atom. The lowest BCUT2D eigenvalue weighted by Gasteiger charge is -2.14. The van der Waals surface area contributed by atoms with Crippen LogP contribution in [0.4, 0.5) is 11.4 Å². The van der Waals surface area contributed by atoms with Crippen LogP contribution in [-0.4, -0.2) is 14.1 Å². The lowest BCUT2D eigenvalue weighted by molar-refractivity contribution is 1.12. The van der Waals surface area contributed by atoms with Crippen molar-refractivity contribution < 1.29 is 0 Å². The number of hydrogen-bond donors (Lipinski definition) is 1. The summed E-state index contributed by atoms with van der Waals surface area (Å²) in [5, 5.41) is 3.48. The van der Waals surface area contributed by atoms with Crippen LogP contribution in [0.25, 0.3) is 0 Å². The zero-order chi connectivity index (χ0) is 13.0. The molecule has 0 aliphatic rings. The van der Waals surface area contributed by atoms with Crippen LogP contribution >= 0.6 is 11.3 Å². The first-order chi connectivity index (χ1) is 8.69. The van der Waals surface area contributed by atoms with Gasteiger partial charge in [-0.3, -0.25) is 0 Å². The molecule has 0 aliphatic heterocycles. The lowest BCUT2D eigenvalue weighted by atomic mass is 10.2. The van der Waals surface area contributed by atoms with Gasteiger partial charge >= 0.3 is 0 Å². The van der Waals surface area contributed by atoms with Crippen molar-refractivity contribution in [3.63, 3.8) is 0 Å². The first kappa shape index (κ1) is 13.0. The predicted molar refractivity (Wildman–Crippen MR) is 81.8 cm³/mol. The highest BCUT2D eigenvalue weighted by molar-refractivity contribution is 7.12. The monoisotopic (exact) mass is 260 g/mol. The minimum atomic E-state index is 0.904. The maximum absolute atomic E-state index is 3.48. The number of hydrogen-bond acceptors (Lipinski definition) is 3. The van der Waals surface area contributed by atoms with Gasteiger partial charge in [0.15, 0.2) is 0 Å². The molecular weight excluding hydrogens is 240 g/mol. The van der Waals surface area contributed by atoms with Crippen molar-refractivity contribution in [2.75, 3.05) is 24.3 Å². The molecule has 0 bridgehead atoms. The van der Waals surface area contributed by atoms with Crippen molar-refractivity contribution in [3.05, 3.63) is 46.2 Å². The summed E-state index contributed by atoms with van der Waals surface area (Å²) >= 11 is 1.89. The highest BCUT2D eigenvalue weighted by Crippen LogP contribution is 2.21. The van der Waals surface area contributed by atoms with Crippen LogP contribution in [-0.2, 0) is 13.0 Å². The average molecular weight is 260 g/mol. The van der Waals surface area contributed by atoms with Crippen LogP contribution in [0.1, 0.15) is 16.7 Å². The number of rotatable bonds is 5. The maximum atomic E-state index is 3.48. The van der Waals surface area contributed by atoms with Gasteiger partial charge in [-0.05, 0) is 36.8 Å². The second-order valence-electron chi connectivity index (χ2n) is 4.52.